The Kier molecular flexibility index (Phi) is 1.65. The van der Waals surface area contributed by atoms with E-state index in [1.807, 2.05) is 42.3 Å². The molecular formula is C12H11N3. The Bertz CT molecular complexity index is 604. The van der Waals surface area contributed by atoms with Gasteiger partial charge in [-0.3, -0.25) is 9.25 Å². The summed E-state index contributed by atoms with van der Waals surface area (Å²) >= 11 is 0. The number of aryl methyl sites for hydroxylation is 1. The summed E-state index contributed by atoms with van der Waals surface area (Å²) in [6.45, 7) is 0. The molecule has 0 fully saturated rings. The first kappa shape index (κ1) is 8.29. The summed E-state index contributed by atoms with van der Waals surface area (Å²) in [7, 11) is 1.93. The molecule has 0 aliphatic rings. The summed E-state index contributed by atoms with van der Waals surface area (Å²) in [6, 6.07) is 12.4. The highest BCUT2D eigenvalue weighted by molar-refractivity contribution is 5.81. The standard InChI is InChI=1S/C12H11N3/c1-14-8-7-12(13-14)15-9-6-10-4-2-3-5-11(10)15/h2-9H,1H3. The molecule has 0 radical (unpaired) electrons. The van der Waals surface area contributed by atoms with Crippen molar-refractivity contribution in [2.45, 2.75) is 0 Å². The van der Waals surface area contributed by atoms with Crippen LogP contribution >= 0.6 is 0 Å². The Morgan fingerprint density at radius 2 is 1.87 bits per heavy atom. The van der Waals surface area contributed by atoms with E-state index in [-0.39, 0.29) is 0 Å². The van der Waals surface area contributed by atoms with Gasteiger partial charge in [-0.25, -0.2) is 0 Å². The minimum absolute atomic E-state index is 0.957. The lowest BCUT2D eigenvalue weighted by molar-refractivity contribution is 0.754. The topological polar surface area (TPSA) is 22.8 Å². The number of aromatic nitrogens is 3. The SMILES string of the molecule is Cn1ccc(-n2ccc3ccccc32)n1. The first-order valence-corrected chi connectivity index (χ1v) is 4.91. The van der Waals surface area contributed by atoms with Crippen LogP contribution in [0, 0.1) is 0 Å². The molecule has 0 amide bonds. The number of nitrogens with zero attached hydrogens (tertiary/aromatic N) is 3. The van der Waals surface area contributed by atoms with Gasteiger partial charge in [0.25, 0.3) is 0 Å². The number of hydrogen-bond donors (Lipinski definition) is 0. The van der Waals surface area contributed by atoms with Crippen molar-refractivity contribution in [3.63, 3.8) is 0 Å². The van der Waals surface area contributed by atoms with Gasteiger partial charge in [0, 0.05) is 25.5 Å². The minimum atomic E-state index is 0.957. The minimum Gasteiger partial charge on any atom is -0.300 e. The Hall–Kier alpha value is -2.03. The quantitative estimate of drug-likeness (QED) is 0.587. The van der Waals surface area contributed by atoms with Gasteiger partial charge in [-0.1, -0.05) is 18.2 Å². The van der Waals surface area contributed by atoms with E-state index < -0.39 is 0 Å². The van der Waals surface area contributed by atoms with Gasteiger partial charge in [0.15, 0.2) is 5.82 Å². The Balaban J connectivity index is 2.27. The van der Waals surface area contributed by atoms with E-state index in [9.17, 15) is 0 Å². The van der Waals surface area contributed by atoms with Crippen LogP contribution in [0.3, 0.4) is 0 Å². The van der Waals surface area contributed by atoms with E-state index in [2.05, 4.69) is 27.9 Å². The number of para-hydroxylation sites is 1. The van der Waals surface area contributed by atoms with Crippen molar-refractivity contribution in [3.05, 3.63) is 48.8 Å². The van der Waals surface area contributed by atoms with Crippen LogP contribution in [0.5, 0.6) is 0 Å². The molecule has 15 heavy (non-hydrogen) atoms. The number of fused-ring (bicyclic) bond motifs is 1. The summed E-state index contributed by atoms with van der Waals surface area (Å²) in [5.41, 5.74) is 1.19. The number of rotatable bonds is 1. The third-order valence-electron chi connectivity index (χ3n) is 2.55. The lowest BCUT2D eigenvalue weighted by Gasteiger charge is -1.99. The van der Waals surface area contributed by atoms with Crippen molar-refractivity contribution in [1.29, 1.82) is 0 Å². The van der Waals surface area contributed by atoms with Gasteiger partial charge < -0.3 is 0 Å². The molecule has 1 aromatic carbocycles. The molecule has 0 spiro atoms. The molecule has 74 valence electrons. The Labute approximate surface area is 87.6 Å². The van der Waals surface area contributed by atoms with E-state index in [1.165, 1.54) is 10.9 Å². The maximum Gasteiger partial charge on any atom is 0.159 e. The molecular weight excluding hydrogens is 186 g/mol. The van der Waals surface area contributed by atoms with Crippen molar-refractivity contribution in [2.75, 3.05) is 0 Å². The lowest BCUT2D eigenvalue weighted by atomic mass is 10.2. The van der Waals surface area contributed by atoms with E-state index in [4.69, 9.17) is 0 Å². The van der Waals surface area contributed by atoms with E-state index in [1.54, 1.807) is 0 Å². The summed E-state index contributed by atoms with van der Waals surface area (Å²) in [5, 5.41) is 5.62. The predicted molar refractivity (Wildman–Crippen MR) is 60.0 cm³/mol. The smallest absolute Gasteiger partial charge is 0.159 e. The van der Waals surface area contributed by atoms with Crippen LogP contribution in [0.1, 0.15) is 0 Å². The second-order valence-corrected chi connectivity index (χ2v) is 3.59. The molecule has 0 saturated carbocycles. The highest BCUT2D eigenvalue weighted by atomic mass is 15.3. The molecule has 0 aliphatic carbocycles. The summed E-state index contributed by atoms with van der Waals surface area (Å²) in [5.74, 6) is 0.957. The molecule has 0 unspecified atom stereocenters. The van der Waals surface area contributed by atoms with Crippen LogP contribution in [0.25, 0.3) is 16.7 Å². The normalized spacial score (nSPS) is 11.0. The second-order valence-electron chi connectivity index (χ2n) is 3.59. The molecule has 0 atom stereocenters. The van der Waals surface area contributed by atoms with E-state index in [0.717, 1.165) is 5.82 Å². The largest absolute Gasteiger partial charge is 0.300 e. The van der Waals surface area contributed by atoms with Crippen LogP contribution < -0.4 is 0 Å². The lowest BCUT2D eigenvalue weighted by Crippen LogP contribution is -1.95. The van der Waals surface area contributed by atoms with Crippen molar-refractivity contribution in [2.24, 2.45) is 7.05 Å². The summed E-state index contributed by atoms with van der Waals surface area (Å²) < 4.78 is 3.90. The van der Waals surface area contributed by atoms with Crippen LogP contribution in [0.2, 0.25) is 0 Å². The molecule has 2 heterocycles. The molecule has 3 aromatic rings. The summed E-state index contributed by atoms with van der Waals surface area (Å²) in [6.07, 6.45) is 4.00. The van der Waals surface area contributed by atoms with Crippen molar-refractivity contribution in [1.82, 2.24) is 14.3 Å². The summed E-state index contributed by atoms with van der Waals surface area (Å²) in [4.78, 5) is 0. The van der Waals surface area contributed by atoms with Gasteiger partial charge in [0.05, 0.1) is 5.52 Å². The zero-order chi connectivity index (χ0) is 10.3. The van der Waals surface area contributed by atoms with Crippen molar-refractivity contribution >= 4 is 10.9 Å². The zero-order valence-electron chi connectivity index (χ0n) is 8.46. The fourth-order valence-electron chi connectivity index (χ4n) is 1.81. The number of hydrogen-bond acceptors (Lipinski definition) is 1. The third-order valence-corrected chi connectivity index (χ3v) is 2.55. The van der Waals surface area contributed by atoms with Crippen LogP contribution in [-0.2, 0) is 7.05 Å². The Morgan fingerprint density at radius 1 is 1.00 bits per heavy atom. The van der Waals surface area contributed by atoms with Gasteiger partial charge in [-0.05, 0) is 17.5 Å². The molecule has 0 N–H and O–H groups in total. The first-order chi connectivity index (χ1) is 7.34. The fourth-order valence-corrected chi connectivity index (χ4v) is 1.81. The molecule has 0 aliphatic heterocycles. The first-order valence-electron chi connectivity index (χ1n) is 4.91. The molecule has 2 aromatic heterocycles. The predicted octanol–water partition coefficient (Wildman–Crippen LogP) is 2.36. The third kappa shape index (κ3) is 1.24. The highest BCUT2D eigenvalue weighted by Crippen LogP contribution is 2.18. The van der Waals surface area contributed by atoms with E-state index >= 15 is 0 Å². The maximum atomic E-state index is 4.38. The molecule has 0 bridgehead atoms. The molecule has 0 saturated heterocycles. The van der Waals surface area contributed by atoms with Gasteiger partial charge in [0.1, 0.15) is 0 Å². The molecule has 3 nitrogen and oxygen atoms in total. The van der Waals surface area contributed by atoms with Gasteiger partial charge in [-0.2, -0.15) is 5.10 Å². The van der Waals surface area contributed by atoms with Crippen LogP contribution in [-0.4, -0.2) is 14.3 Å². The Morgan fingerprint density at radius 3 is 2.67 bits per heavy atom. The zero-order valence-corrected chi connectivity index (χ0v) is 8.46. The van der Waals surface area contributed by atoms with Crippen molar-refractivity contribution in [3.8, 4) is 5.82 Å². The van der Waals surface area contributed by atoms with Crippen LogP contribution in [0.15, 0.2) is 48.8 Å². The van der Waals surface area contributed by atoms with Gasteiger partial charge >= 0.3 is 0 Å². The molecule has 3 rings (SSSR count). The van der Waals surface area contributed by atoms with Crippen molar-refractivity contribution < 1.29 is 0 Å². The average molecular weight is 197 g/mol. The average Bonchev–Trinajstić information content (AvgIpc) is 2.83. The molecule has 3 heteroatoms. The maximum absolute atomic E-state index is 4.38. The van der Waals surface area contributed by atoms with Gasteiger partial charge in [-0.15, -0.1) is 0 Å². The van der Waals surface area contributed by atoms with Gasteiger partial charge in [0.2, 0.25) is 0 Å². The monoisotopic (exact) mass is 197 g/mol. The van der Waals surface area contributed by atoms with Crippen LogP contribution in [0.4, 0.5) is 0 Å². The highest BCUT2D eigenvalue weighted by Gasteiger charge is 2.03. The fraction of sp³-hybridized carbons (Fsp3) is 0.0833. The van der Waals surface area contributed by atoms with E-state index in [0.29, 0.717) is 0 Å². The second kappa shape index (κ2) is 2.98. The number of benzene rings is 1.